The number of fused-ring (bicyclic) bond motifs is 1. The molecule has 88 valence electrons. The molecule has 0 bridgehead atoms. The highest BCUT2D eigenvalue weighted by Gasteiger charge is 2.23. The fraction of sp³-hybridized carbons (Fsp3) is 0.286. The number of allylic oxidation sites excluding steroid dienone is 2. The number of rotatable bonds is 3. The molecule has 3 nitrogen and oxygen atoms in total. The molecule has 0 aromatic heterocycles. The first-order valence-corrected chi connectivity index (χ1v) is 5.67. The zero-order valence-electron chi connectivity index (χ0n) is 9.95. The molecule has 1 aromatic rings. The molecular weight excluding hydrogens is 216 g/mol. The van der Waals surface area contributed by atoms with Gasteiger partial charge in [0.15, 0.2) is 11.6 Å². The second-order valence-corrected chi connectivity index (χ2v) is 4.08. The summed E-state index contributed by atoms with van der Waals surface area (Å²) in [7, 11) is 0. The third-order valence-corrected chi connectivity index (χ3v) is 2.68. The van der Waals surface area contributed by atoms with Crippen LogP contribution in [0.4, 0.5) is 0 Å². The Morgan fingerprint density at radius 2 is 1.94 bits per heavy atom. The summed E-state index contributed by atoms with van der Waals surface area (Å²) >= 11 is 0. The number of ether oxygens (including phenoxy) is 1. The van der Waals surface area contributed by atoms with E-state index in [-0.39, 0.29) is 11.6 Å². The molecule has 17 heavy (non-hydrogen) atoms. The Balaban J connectivity index is 2.39. The maximum absolute atomic E-state index is 11.9. The van der Waals surface area contributed by atoms with Gasteiger partial charge < -0.3 is 4.74 Å². The smallest absolute Gasteiger partial charge is 0.189 e. The van der Waals surface area contributed by atoms with E-state index in [1.54, 1.807) is 25.1 Å². The standard InChI is InChI=1S/C14H14O3/c1-3-6-17-10-4-5-11-12(8-10)14(16)9(2)7-13(11)15/h4-5,7-8H,3,6H2,1-2H3. The fourth-order valence-electron chi connectivity index (χ4n) is 1.79. The molecule has 0 amide bonds. The van der Waals surface area contributed by atoms with Crippen LogP contribution in [0.15, 0.2) is 29.8 Å². The van der Waals surface area contributed by atoms with Crippen molar-refractivity contribution in [2.45, 2.75) is 20.3 Å². The van der Waals surface area contributed by atoms with E-state index in [9.17, 15) is 9.59 Å². The summed E-state index contributed by atoms with van der Waals surface area (Å²) in [6, 6.07) is 5.04. The highest BCUT2D eigenvalue weighted by Crippen LogP contribution is 2.25. The fourth-order valence-corrected chi connectivity index (χ4v) is 1.79. The lowest BCUT2D eigenvalue weighted by Gasteiger charge is -2.14. The molecule has 2 rings (SSSR count). The lowest BCUT2D eigenvalue weighted by molar-refractivity contribution is 0.0984. The molecule has 1 aliphatic rings. The highest BCUT2D eigenvalue weighted by molar-refractivity contribution is 6.24. The minimum absolute atomic E-state index is 0.0958. The number of hydrogen-bond donors (Lipinski definition) is 0. The first-order chi connectivity index (χ1) is 8.13. The third kappa shape index (κ3) is 2.13. The van der Waals surface area contributed by atoms with Crippen LogP contribution < -0.4 is 4.74 Å². The third-order valence-electron chi connectivity index (χ3n) is 2.68. The Labute approximate surface area is 100 Å². The molecule has 0 aliphatic heterocycles. The maximum atomic E-state index is 11.9. The highest BCUT2D eigenvalue weighted by atomic mass is 16.5. The van der Waals surface area contributed by atoms with Crippen molar-refractivity contribution >= 4 is 11.6 Å². The van der Waals surface area contributed by atoms with Crippen molar-refractivity contribution in [3.63, 3.8) is 0 Å². The number of ketones is 2. The minimum Gasteiger partial charge on any atom is -0.494 e. The van der Waals surface area contributed by atoms with E-state index in [1.807, 2.05) is 6.92 Å². The average molecular weight is 230 g/mol. The molecule has 0 spiro atoms. The van der Waals surface area contributed by atoms with E-state index in [0.29, 0.717) is 29.1 Å². The SMILES string of the molecule is CCCOc1ccc2c(c1)C(=O)C(C)=CC2=O. The van der Waals surface area contributed by atoms with Gasteiger partial charge in [-0.2, -0.15) is 0 Å². The van der Waals surface area contributed by atoms with Crippen LogP contribution in [0.25, 0.3) is 0 Å². The number of carbonyl (C=O) groups is 2. The summed E-state index contributed by atoms with van der Waals surface area (Å²) in [5.41, 5.74) is 1.39. The first-order valence-electron chi connectivity index (χ1n) is 5.67. The Kier molecular flexibility index (Phi) is 3.09. The van der Waals surface area contributed by atoms with E-state index in [4.69, 9.17) is 4.74 Å². The zero-order chi connectivity index (χ0) is 12.4. The van der Waals surface area contributed by atoms with Crippen LogP contribution in [0.3, 0.4) is 0 Å². The molecule has 3 heteroatoms. The van der Waals surface area contributed by atoms with Gasteiger partial charge in [-0.25, -0.2) is 0 Å². The predicted octanol–water partition coefficient (Wildman–Crippen LogP) is 2.80. The average Bonchev–Trinajstić information content (AvgIpc) is 2.33. The van der Waals surface area contributed by atoms with E-state index >= 15 is 0 Å². The monoisotopic (exact) mass is 230 g/mol. The van der Waals surface area contributed by atoms with Crippen LogP contribution >= 0.6 is 0 Å². The molecule has 0 saturated carbocycles. The molecule has 0 unspecified atom stereocenters. The number of Topliss-reactive ketones (excluding diaryl/α,β-unsaturated/α-hetero) is 1. The van der Waals surface area contributed by atoms with Gasteiger partial charge in [-0.3, -0.25) is 9.59 Å². The lowest BCUT2D eigenvalue weighted by Crippen LogP contribution is -2.15. The number of carbonyl (C=O) groups excluding carboxylic acids is 2. The van der Waals surface area contributed by atoms with Crippen LogP contribution in [0, 0.1) is 0 Å². The van der Waals surface area contributed by atoms with Gasteiger partial charge in [0.25, 0.3) is 0 Å². The van der Waals surface area contributed by atoms with Gasteiger partial charge in [0.05, 0.1) is 6.61 Å². The zero-order valence-corrected chi connectivity index (χ0v) is 9.95. The first kappa shape index (κ1) is 11.6. The topological polar surface area (TPSA) is 43.4 Å². The molecule has 1 aromatic carbocycles. The van der Waals surface area contributed by atoms with Crippen LogP contribution in [0.2, 0.25) is 0 Å². The van der Waals surface area contributed by atoms with Crippen LogP contribution in [-0.2, 0) is 0 Å². The summed E-state index contributed by atoms with van der Waals surface area (Å²) in [6.07, 6.45) is 2.29. The molecular formula is C14H14O3. The predicted molar refractivity (Wildman–Crippen MR) is 64.6 cm³/mol. The second-order valence-electron chi connectivity index (χ2n) is 4.08. The Bertz CT molecular complexity index is 512. The molecule has 0 N–H and O–H groups in total. The van der Waals surface area contributed by atoms with Crippen molar-refractivity contribution in [3.8, 4) is 5.75 Å². The quantitative estimate of drug-likeness (QED) is 0.801. The Morgan fingerprint density at radius 1 is 1.18 bits per heavy atom. The van der Waals surface area contributed by atoms with E-state index in [0.717, 1.165) is 6.42 Å². The van der Waals surface area contributed by atoms with Crippen molar-refractivity contribution in [2.24, 2.45) is 0 Å². The second kappa shape index (κ2) is 4.53. The summed E-state index contributed by atoms with van der Waals surface area (Å²) < 4.78 is 5.46. The van der Waals surface area contributed by atoms with Crippen molar-refractivity contribution in [2.75, 3.05) is 6.61 Å². The van der Waals surface area contributed by atoms with Gasteiger partial charge in [0.2, 0.25) is 0 Å². The van der Waals surface area contributed by atoms with Gasteiger partial charge >= 0.3 is 0 Å². The lowest BCUT2D eigenvalue weighted by atomic mass is 9.90. The van der Waals surface area contributed by atoms with E-state index < -0.39 is 0 Å². The molecule has 0 saturated heterocycles. The van der Waals surface area contributed by atoms with E-state index in [1.165, 1.54) is 6.08 Å². The summed E-state index contributed by atoms with van der Waals surface area (Å²) in [5.74, 6) is 0.433. The van der Waals surface area contributed by atoms with Gasteiger partial charge in [-0.05, 0) is 37.6 Å². The van der Waals surface area contributed by atoms with Crippen molar-refractivity contribution in [1.29, 1.82) is 0 Å². The van der Waals surface area contributed by atoms with Crippen molar-refractivity contribution < 1.29 is 14.3 Å². The van der Waals surface area contributed by atoms with Gasteiger partial charge in [-0.1, -0.05) is 6.92 Å². The molecule has 0 heterocycles. The van der Waals surface area contributed by atoms with Crippen LogP contribution in [0.5, 0.6) is 5.75 Å². The van der Waals surface area contributed by atoms with Crippen molar-refractivity contribution in [1.82, 2.24) is 0 Å². The minimum atomic E-state index is -0.112. The Morgan fingerprint density at radius 3 is 2.65 bits per heavy atom. The summed E-state index contributed by atoms with van der Waals surface area (Å²) in [6.45, 7) is 4.28. The van der Waals surface area contributed by atoms with Gasteiger partial charge in [0, 0.05) is 16.7 Å². The molecule has 0 fully saturated rings. The van der Waals surface area contributed by atoms with Gasteiger partial charge in [0.1, 0.15) is 5.75 Å². The largest absolute Gasteiger partial charge is 0.494 e. The summed E-state index contributed by atoms with van der Waals surface area (Å²) in [5, 5.41) is 0. The van der Waals surface area contributed by atoms with Crippen LogP contribution in [-0.4, -0.2) is 18.2 Å². The maximum Gasteiger partial charge on any atom is 0.189 e. The van der Waals surface area contributed by atoms with Crippen molar-refractivity contribution in [3.05, 3.63) is 41.0 Å². The summed E-state index contributed by atoms with van der Waals surface area (Å²) in [4.78, 5) is 23.6. The molecule has 0 radical (unpaired) electrons. The molecule has 0 atom stereocenters. The number of benzene rings is 1. The van der Waals surface area contributed by atoms with E-state index in [2.05, 4.69) is 0 Å². The molecule has 1 aliphatic carbocycles. The Hall–Kier alpha value is -1.90. The normalized spacial score (nSPS) is 14.4. The van der Waals surface area contributed by atoms with Gasteiger partial charge in [-0.15, -0.1) is 0 Å². The van der Waals surface area contributed by atoms with Crippen LogP contribution in [0.1, 0.15) is 41.0 Å². The number of hydrogen-bond acceptors (Lipinski definition) is 3.